The fourth-order valence-electron chi connectivity index (χ4n) is 2.66. The standard InChI is InChI=1S/C18H16N4O3S2/c23-27(24,12-16-20-18(25-21-16)15-7-4-10-26-15)13-17-19-8-9-22(17)11-14-5-2-1-3-6-14/h1-10H,11-13H2. The molecule has 0 spiro atoms. The first kappa shape index (κ1) is 17.6. The molecule has 7 nitrogen and oxygen atoms in total. The molecular weight excluding hydrogens is 384 g/mol. The van der Waals surface area contributed by atoms with Crippen molar-refractivity contribution in [2.75, 3.05) is 0 Å². The molecule has 0 bridgehead atoms. The van der Waals surface area contributed by atoms with Gasteiger partial charge in [-0.25, -0.2) is 13.4 Å². The van der Waals surface area contributed by atoms with Crippen LogP contribution in [0.3, 0.4) is 0 Å². The van der Waals surface area contributed by atoms with Crippen LogP contribution < -0.4 is 0 Å². The predicted molar refractivity (Wildman–Crippen MR) is 102 cm³/mol. The Kier molecular flexibility index (Phi) is 4.87. The predicted octanol–water partition coefficient (Wildman–Crippen LogP) is 3.16. The van der Waals surface area contributed by atoms with Gasteiger partial charge in [-0.1, -0.05) is 41.6 Å². The van der Waals surface area contributed by atoms with E-state index in [2.05, 4.69) is 15.1 Å². The lowest BCUT2D eigenvalue weighted by Gasteiger charge is -2.08. The maximum atomic E-state index is 12.6. The van der Waals surface area contributed by atoms with Gasteiger partial charge in [0.05, 0.1) is 4.88 Å². The molecule has 138 valence electrons. The van der Waals surface area contributed by atoms with Crippen molar-refractivity contribution in [3.05, 3.63) is 77.5 Å². The molecule has 0 aliphatic carbocycles. The van der Waals surface area contributed by atoms with Crippen LogP contribution in [-0.4, -0.2) is 28.1 Å². The second kappa shape index (κ2) is 7.45. The van der Waals surface area contributed by atoms with Crippen LogP contribution in [0.1, 0.15) is 17.2 Å². The van der Waals surface area contributed by atoms with Gasteiger partial charge in [-0.15, -0.1) is 11.3 Å². The molecule has 0 aliphatic heterocycles. The number of thiophene rings is 1. The van der Waals surface area contributed by atoms with Gasteiger partial charge in [0.1, 0.15) is 17.3 Å². The first-order valence-electron chi connectivity index (χ1n) is 8.20. The van der Waals surface area contributed by atoms with E-state index in [9.17, 15) is 8.42 Å². The van der Waals surface area contributed by atoms with Crippen LogP contribution >= 0.6 is 11.3 Å². The van der Waals surface area contributed by atoms with Crippen LogP contribution in [-0.2, 0) is 27.9 Å². The van der Waals surface area contributed by atoms with E-state index in [1.165, 1.54) is 11.3 Å². The second-order valence-corrected chi connectivity index (χ2v) is 8.99. The zero-order chi connectivity index (χ0) is 18.7. The normalized spacial score (nSPS) is 11.7. The van der Waals surface area contributed by atoms with Crippen molar-refractivity contribution in [2.24, 2.45) is 0 Å². The molecular formula is C18H16N4O3S2. The SMILES string of the molecule is O=S(=O)(Cc1noc(-c2cccs2)n1)Cc1nccn1Cc1ccccc1. The van der Waals surface area contributed by atoms with Crippen LogP contribution in [0.5, 0.6) is 0 Å². The molecule has 0 aliphatic rings. The summed E-state index contributed by atoms with van der Waals surface area (Å²) in [6, 6.07) is 13.5. The van der Waals surface area contributed by atoms with E-state index >= 15 is 0 Å². The maximum Gasteiger partial charge on any atom is 0.268 e. The molecule has 3 heterocycles. The third kappa shape index (κ3) is 4.32. The molecule has 4 rings (SSSR count). The van der Waals surface area contributed by atoms with Crippen molar-refractivity contribution in [3.63, 3.8) is 0 Å². The minimum atomic E-state index is -3.49. The Morgan fingerprint density at radius 2 is 1.93 bits per heavy atom. The summed E-state index contributed by atoms with van der Waals surface area (Å²) in [4.78, 5) is 9.20. The number of hydrogen-bond donors (Lipinski definition) is 0. The number of aromatic nitrogens is 4. The Morgan fingerprint density at radius 1 is 1.07 bits per heavy atom. The maximum absolute atomic E-state index is 12.6. The highest BCUT2D eigenvalue weighted by atomic mass is 32.2. The molecule has 1 aromatic carbocycles. The first-order valence-corrected chi connectivity index (χ1v) is 10.9. The summed E-state index contributed by atoms with van der Waals surface area (Å²) < 4.78 is 32.2. The lowest BCUT2D eigenvalue weighted by molar-refractivity contribution is 0.425. The van der Waals surface area contributed by atoms with Crippen molar-refractivity contribution in [3.8, 4) is 10.8 Å². The fourth-order valence-corrected chi connectivity index (χ4v) is 4.55. The van der Waals surface area contributed by atoms with E-state index in [-0.39, 0.29) is 17.3 Å². The number of nitrogens with zero attached hydrogens (tertiary/aromatic N) is 4. The summed E-state index contributed by atoms with van der Waals surface area (Å²) in [6.07, 6.45) is 3.39. The van der Waals surface area contributed by atoms with E-state index in [0.717, 1.165) is 10.4 Å². The van der Waals surface area contributed by atoms with Gasteiger partial charge in [0, 0.05) is 18.9 Å². The lowest BCUT2D eigenvalue weighted by Crippen LogP contribution is -2.13. The molecule has 27 heavy (non-hydrogen) atoms. The monoisotopic (exact) mass is 400 g/mol. The Bertz CT molecular complexity index is 1120. The van der Waals surface area contributed by atoms with Gasteiger partial charge in [-0.05, 0) is 17.0 Å². The van der Waals surface area contributed by atoms with Crippen LogP contribution in [0.25, 0.3) is 10.8 Å². The molecule has 0 unspecified atom stereocenters. The minimum Gasteiger partial charge on any atom is -0.333 e. The summed E-state index contributed by atoms with van der Waals surface area (Å²) in [5, 5.41) is 5.68. The fraction of sp³-hybridized carbons (Fsp3) is 0.167. The molecule has 0 atom stereocenters. The Morgan fingerprint density at radius 3 is 2.70 bits per heavy atom. The highest BCUT2D eigenvalue weighted by molar-refractivity contribution is 7.89. The summed E-state index contributed by atoms with van der Waals surface area (Å²) in [5.41, 5.74) is 1.08. The van der Waals surface area contributed by atoms with Gasteiger partial charge in [-0.3, -0.25) is 0 Å². The summed E-state index contributed by atoms with van der Waals surface area (Å²) >= 11 is 1.45. The molecule has 0 radical (unpaired) electrons. The van der Waals surface area contributed by atoms with E-state index < -0.39 is 9.84 Å². The van der Waals surface area contributed by atoms with Gasteiger partial charge in [0.15, 0.2) is 15.7 Å². The summed E-state index contributed by atoms with van der Waals surface area (Å²) in [6.45, 7) is 0.566. The quantitative estimate of drug-likeness (QED) is 0.473. The van der Waals surface area contributed by atoms with Crippen LogP contribution in [0.4, 0.5) is 0 Å². The van der Waals surface area contributed by atoms with Crippen molar-refractivity contribution in [2.45, 2.75) is 18.1 Å². The van der Waals surface area contributed by atoms with Crippen molar-refractivity contribution in [1.82, 2.24) is 19.7 Å². The van der Waals surface area contributed by atoms with Crippen molar-refractivity contribution in [1.29, 1.82) is 0 Å². The average Bonchev–Trinajstić information content (AvgIpc) is 3.38. The van der Waals surface area contributed by atoms with Crippen LogP contribution in [0.15, 0.2) is 64.8 Å². The first-order chi connectivity index (χ1) is 13.1. The van der Waals surface area contributed by atoms with Gasteiger partial charge in [0.2, 0.25) is 0 Å². The van der Waals surface area contributed by atoms with Crippen LogP contribution in [0, 0.1) is 0 Å². The van der Waals surface area contributed by atoms with E-state index in [4.69, 9.17) is 4.52 Å². The Balaban J connectivity index is 1.47. The van der Waals surface area contributed by atoms with Gasteiger partial charge < -0.3 is 9.09 Å². The summed E-state index contributed by atoms with van der Waals surface area (Å²) in [5.74, 6) is 0.497. The van der Waals surface area contributed by atoms with Gasteiger partial charge in [0.25, 0.3) is 5.89 Å². The zero-order valence-electron chi connectivity index (χ0n) is 14.2. The molecule has 3 aromatic heterocycles. The van der Waals surface area contributed by atoms with Crippen LogP contribution in [0.2, 0.25) is 0 Å². The highest BCUT2D eigenvalue weighted by Crippen LogP contribution is 2.23. The smallest absolute Gasteiger partial charge is 0.268 e. The minimum absolute atomic E-state index is 0.152. The number of imidazole rings is 1. The number of rotatable bonds is 7. The van der Waals surface area contributed by atoms with E-state index in [0.29, 0.717) is 18.3 Å². The third-order valence-electron chi connectivity index (χ3n) is 3.90. The second-order valence-electron chi connectivity index (χ2n) is 5.98. The topological polar surface area (TPSA) is 90.9 Å². The molecule has 0 fully saturated rings. The number of benzene rings is 1. The molecule has 9 heteroatoms. The molecule has 0 N–H and O–H groups in total. The highest BCUT2D eigenvalue weighted by Gasteiger charge is 2.21. The summed E-state index contributed by atoms with van der Waals surface area (Å²) in [7, 11) is -3.49. The van der Waals surface area contributed by atoms with Crippen molar-refractivity contribution >= 4 is 21.2 Å². The van der Waals surface area contributed by atoms with Gasteiger partial charge >= 0.3 is 0 Å². The van der Waals surface area contributed by atoms with Gasteiger partial charge in [-0.2, -0.15) is 4.98 Å². The van der Waals surface area contributed by atoms with E-state index in [1.807, 2.05) is 52.4 Å². The Labute approximate surface area is 160 Å². The molecule has 0 saturated carbocycles. The third-order valence-corrected chi connectivity index (χ3v) is 6.15. The molecule has 0 amide bonds. The average molecular weight is 400 g/mol. The van der Waals surface area contributed by atoms with E-state index in [1.54, 1.807) is 12.4 Å². The molecule has 4 aromatic rings. The zero-order valence-corrected chi connectivity index (χ0v) is 15.9. The molecule has 0 saturated heterocycles. The lowest BCUT2D eigenvalue weighted by atomic mass is 10.2. The number of hydrogen-bond acceptors (Lipinski definition) is 7. The number of sulfone groups is 1. The largest absolute Gasteiger partial charge is 0.333 e. The Hall–Kier alpha value is -2.78. The van der Waals surface area contributed by atoms with Crippen molar-refractivity contribution < 1.29 is 12.9 Å².